The van der Waals surface area contributed by atoms with E-state index in [1.165, 1.54) is 7.11 Å². The molecule has 1 fully saturated rings. The van der Waals surface area contributed by atoms with Gasteiger partial charge in [0.2, 0.25) is 5.43 Å². The SMILES string of the molecule is CNc1c(CNC(=O)c2c3n4c(c(OC)c2=O)C(=O)N2CCOC2C4CC3)cccc1OC. The molecule has 33 heavy (non-hydrogen) atoms. The van der Waals surface area contributed by atoms with Crippen molar-refractivity contribution < 1.29 is 23.8 Å². The molecule has 0 aliphatic carbocycles. The molecule has 2 aromatic rings. The van der Waals surface area contributed by atoms with E-state index in [9.17, 15) is 14.4 Å². The molecule has 1 saturated heterocycles. The van der Waals surface area contributed by atoms with Gasteiger partial charge in [0.05, 0.1) is 32.6 Å². The number of hydrogen-bond acceptors (Lipinski definition) is 7. The third kappa shape index (κ3) is 3.08. The summed E-state index contributed by atoms with van der Waals surface area (Å²) < 4.78 is 18.4. The van der Waals surface area contributed by atoms with Crippen molar-refractivity contribution in [3.8, 4) is 11.5 Å². The first-order valence-corrected chi connectivity index (χ1v) is 10.9. The maximum absolute atomic E-state index is 13.4. The molecule has 0 bridgehead atoms. The van der Waals surface area contributed by atoms with Crippen LogP contribution in [0.25, 0.3) is 0 Å². The summed E-state index contributed by atoms with van der Waals surface area (Å²) in [5, 5.41) is 5.95. The van der Waals surface area contributed by atoms with Gasteiger partial charge in [-0.3, -0.25) is 14.4 Å². The minimum atomic E-state index is -0.566. The fourth-order valence-electron chi connectivity index (χ4n) is 5.24. The van der Waals surface area contributed by atoms with E-state index in [0.717, 1.165) is 11.3 Å². The van der Waals surface area contributed by atoms with Crippen LogP contribution in [-0.2, 0) is 17.7 Å². The molecule has 3 aliphatic rings. The number of para-hydroxylation sites is 1. The van der Waals surface area contributed by atoms with Crippen LogP contribution in [0.4, 0.5) is 5.69 Å². The van der Waals surface area contributed by atoms with Crippen molar-refractivity contribution in [3.63, 3.8) is 0 Å². The summed E-state index contributed by atoms with van der Waals surface area (Å²) in [6.07, 6.45) is 0.791. The van der Waals surface area contributed by atoms with Gasteiger partial charge >= 0.3 is 0 Å². The van der Waals surface area contributed by atoms with E-state index < -0.39 is 11.3 Å². The van der Waals surface area contributed by atoms with Gasteiger partial charge in [-0.15, -0.1) is 0 Å². The zero-order valence-electron chi connectivity index (χ0n) is 18.8. The van der Waals surface area contributed by atoms with E-state index in [1.54, 1.807) is 23.6 Å². The smallest absolute Gasteiger partial charge is 0.276 e. The van der Waals surface area contributed by atoms with Crippen molar-refractivity contribution in [1.82, 2.24) is 14.8 Å². The Hall–Kier alpha value is -3.53. The average Bonchev–Trinajstić information content (AvgIpc) is 3.48. The van der Waals surface area contributed by atoms with Crippen molar-refractivity contribution in [1.29, 1.82) is 0 Å². The summed E-state index contributed by atoms with van der Waals surface area (Å²) in [7, 11) is 4.70. The van der Waals surface area contributed by atoms with Gasteiger partial charge in [-0.05, 0) is 24.5 Å². The van der Waals surface area contributed by atoms with Crippen LogP contribution in [0.15, 0.2) is 23.0 Å². The number of ether oxygens (including phenoxy) is 3. The van der Waals surface area contributed by atoms with Gasteiger partial charge in [-0.1, -0.05) is 12.1 Å². The van der Waals surface area contributed by atoms with Crippen molar-refractivity contribution in [2.45, 2.75) is 31.7 Å². The Morgan fingerprint density at radius 2 is 2.06 bits per heavy atom. The molecule has 0 spiro atoms. The number of benzene rings is 1. The molecule has 2 unspecified atom stereocenters. The number of rotatable bonds is 6. The van der Waals surface area contributed by atoms with Crippen molar-refractivity contribution in [2.24, 2.45) is 0 Å². The zero-order valence-corrected chi connectivity index (χ0v) is 18.8. The number of aromatic nitrogens is 1. The summed E-state index contributed by atoms with van der Waals surface area (Å²) in [5.74, 6) is -0.242. The van der Waals surface area contributed by atoms with Crippen LogP contribution >= 0.6 is 0 Å². The molecule has 2 atom stereocenters. The maximum atomic E-state index is 13.4. The lowest BCUT2D eigenvalue weighted by atomic mass is 10.1. The quantitative estimate of drug-likeness (QED) is 0.673. The van der Waals surface area contributed by atoms with E-state index in [0.29, 0.717) is 37.4 Å². The lowest BCUT2D eigenvalue weighted by Gasteiger charge is -2.36. The summed E-state index contributed by atoms with van der Waals surface area (Å²) in [6, 6.07) is 5.38. The van der Waals surface area contributed by atoms with Crippen LogP contribution in [0, 0.1) is 0 Å². The third-order valence-electron chi connectivity index (χ3n) is 6.65. The molecular weight excluding hydrogens is 428 g/mol. The van der Waals surface area contributed by atoms with Gasteiger partial charge in [-0.2, -0.15) is 0 Å². The summed E-state index contributed by atoms with van der Waals surface area (Å²) >= 11 is 0. The number of nitrogens with zero attached hydrogens (tertiary/aromatic N) is 2. The van der Waals surface area contributed by atoms with Gasteiger partial charge in [0.15, 0.2) is 17.7 Å². The van der Waals surface area contributed by atoms with Gasteiger partial charge in [0, 0.05) is 25.8 Å². The molecule has 0 saturated carbocycles. The molecule has 174 valence electrons. The Morgan fingerprint density at radius 1 is 1.24 bits per heavy atom. The predicted molar refractivity (Wildman–Crippen MR) is 119 cm³/mol. The minimum absolute atomic E-state index is 0.0197. The second-order valence-electron chi connectivity index (χ2n) is 8.20. The topological polar surface area (TPSA) is 111 Å². The van der Waals surface area contributed by atoms with Gasteiger partial charge in [0.25, 0.3) is 11.8 Å². The third-order valence-corrected chi connectivity index (χ3v) is 6.65. The standard InChI is InChI=1S/C23H26N4O6/c1-24-17-12(5-4-6-15(17)31-2)11-25-21(29)16-13-7-8-14-23-26(9-10-33-23)22(30)18(27(13)14)20(32-3)19(16)28/h4-6,14,23-24H,7-11H2,1-3H3,(H,25,29). The number of hydrogen-bond donors (Lipinski definition) is 2. The van der Waals surface area contributed by atoms with Crippen LogP contribution in [0.5, 0.6) is 11.5 Å². The molecule has 0 radical (unpaired) electrons. The minimum Gasteiger partial charge on any atom is -0.495 e. The normalized spacial score (nSPS) is 20.3. The number of amides is 2. The number of fused-ring (bicyclic) bond motifs is 2. The number of carbonyl (C=O) groups excluding carboxylic acids is 2. The largest absolute Gasteiger partial charge is 0.495 e. The number of carbonyl (C=O) groups is 2. The molecule has 10 heteroatoms. The molecule has 2 amide bonds. The van der Waals surface area contributed by atoms with Crippen LogP contribution in [0.1, 0.15) is 44.6 Å². The van der Waals surface area contributed by atoms with E-state index in [-0.39, 0.29) is 41.7 Å². The Labute approximate surface area is 190 Å². The van der Waals surface area contributed by atoms with Crippen molar-refractivity contribution in [2.75, 3.05) is 39.7 Å². The zero-order chi connectivity index (χ0) is 23.3. The Morgan fingerprint density at radius 3 is 2.79 bits per heavy atom. The van der Waals surface area contributed by atoms with Crippen LogP contribution in [-0.4, -0.2) is 61.9 Å². The fraction of sp³-hybridized carbons (Fsp3) is 0.435. The Bertz CT molecular complexity index is 1210. The number of anilines is 1. The van der Waals surface area contributed by atoms with Crippen LogP contribution in [0.2, 0.25) is 0 Å². The number of pyridine rings is 1. The average molecular weight is 454 g/mol. The molecule has 1 aromatic carbocycles. The first kappa shape index (κ1) is 21.3. The highest BCUT2D eigenvalue weighted by Gasteiger charge is 2.49. The van der Waals surface area contributed by atoms with E-state index in [1.807, 2.05) is 18.2 Å². The molecule has 1 aromatic heterocycles. The van der Waals surface area contributed by atoms with Crippen LogP contribution < -0.4 is 25.5 Å². The summed E-state index contributed by atoms with van der Waals surface area (Å²) in [6.45, 7) is 1.12. The molecule has 10 nitrogen and oxygen atoms in total. The van der Waals surface area contributed by atoms with E-state index >= 15 is 0 Å². The van der Waals surface area contributed by atoms with Crippen molar-refractivity contribution >= 4 is 17.5 Å². The van der Waals surface area contributed by atoms with Crippen LogP contribution in [0.3, 0.4) is 0 Å². The summed E-state index contributed by atoms with van der Waals surface area (Å²) in [4.78, 5) is 41.5. The first-order chi connectivity index (χ1) is 16.0. The monoisotopic (exact) mass is 454 g/mol. The van der Waals surface area contributed by atoms with E-state index in [4.69, 9.17) is 14.2 Å². The molecule has 2 N–H and O–H groups in total. The second-order valence-corrected chi connectivity index (χ2v) is 8.20. The Balaban J connectivity index is 1.54. The highest BCUT2D eigenvalue weighted by Crippen LogP contribution is 2.42. The fourth-order valence-corrected chi connectivity index (χ4v) is 5.24. The molecule has 5 rings (SSSR count). The number of methoxy groups -OCH3 is 2. The highest BCUT2D eigenvalue weighted by atomic mass is 16.5. The lowest BCUT2D eigenvalue weighted by molar-refractivity contribution is -0.0124. The summed E-state index contributed by atoms with van der Waals surface area (Å²) in [5.41, 5.74) is 1.79. The Kier molecular flexibility index (Phi) is 5.24. The molecule has 3 aliphatic heterocycles. The van der Waals surface area contributed by atoms with Crippen molar-refractivity contribution in [3.05, 3.63) is 50.9 Å². The lowest BCUT2D eigenvalue weighted by Crippen LogP contribution is -2.48. The second kappa shape index (κ2) is 8.11. The maximum Gasteiger partial charge on any atom is 0.276 e. The molecular formula is C23H26N4O6. The predicted octanol–water partition coefficient (Wildman–Crippen LogP) is 1.14. The number of nitrogens with one attached hydrogen (secondary N) is 2. The van der Waals surface area contributed by atoms with E-state index in [2.05, 4.69) is 10.6 Å². The van der Waals surface area contributed by atoms with Gasteiger partial charge in [-0.25, -0.2) is 0 Å². The highest BCUT2D eigenvalue weighted by molar-refractivity contribution is 6.00. The van der Waals surface area contributed by atoms with Gasteiger partial charge in [0.1, 0.15) is 11.3 Å². The molecule has 4 heterocycles. The van der Waals surface area contributed by atoms with Gasteiger partial charge < -0.3 is 34.3 Å². The first-order valence-electron chi connectivity index (χ1n) is 10.9.